The lowest BCUT2D eigenvalue weighted by atomic mass is 10.1. The second-order valence-corrected chi connectivity index (χ2v) is 8.44. The number of amides is 4. The Morgan fingerprint density at radius 2 is 1.85 bits per heavy atom. The number of unbranched alkanes of at least 4 members (excludes halogenated alkanes) is 3. The number of pyridine rings is 1. The van der Waals surface area contributed by atoms with Crippen molar-refractivity contribution in [3.05, 3.63) is 53.9 Å². The zero-order chi connectivity index (χ0) is 28.5. The minimum atomic E-state index is -1.42. The molecular weight excluding hydrogens is 510 g/mol. The molecule has 13 nitrogen and oxygen atoms in total. The summed E-state index contributed by atoms with van der Waals surface area (Å²) in [6.45, 7) is 2.41. The van der Waals surface area contributed by atoms with E-state index in [-0.39, 0.29) is 37.1 Å². The molecule has 0 radical (unpaired) electrons. The van der Waals surface area contributed by atoms with Crippen LogP contribution in [0.15, 0.2) is 42.7 Å². The van der Waals surface area contributed by atoms with Crippen LogP contribution in [0.2, 0.25) is 0 Å². The van der Waals surface area contributed by atoms with Gasteiger partial charge in [0.15, 0.2) is 0 Å². The number of ether oxygens (including phenoxy) is 2. The third-order valence-corrected chi connectivity index (χ3v) is 5.33. The lowest BCUT2D eigenvalue weighted by Gasteiger charge is -2.16. The average Bonchev–Trinajstić information content (AvgIpc) is 2.92. The van der Waals surface area contributed by atoms with Gasteiger partial charge in [0.25, 0.3) is 5.91 Å². The Morgan fingerprint density at radius 1 is 1.03 bits per heavy atom. The Kier molecular flexibility index (Phi) is 13.4. The average molecular weight is 546 g/mol. The molecule has 2 rings (SSSR count). The number of carboxylic acid groups (broad SMARTS) is 1. The van der Waals surface area contributed by atoms with Crippen molar-refractivity contribution >= 4 is 24.0 Å². The first kappa shape index (κ1) is 30.7. The van der Waals surface area contributed by atoms with Crippen LogP contribution in [0, 0.1) is 0 Å². The van der Waals surface area contributed by atoms with E-state index in [4.69, 9.17) is 9.47 Å². The number of aromatic nitrogens is 1. The van der Waals surface area contributed by atoms with E-state index in [2.05, 4.69) is 33.2 Å². The number of carboxylic acids is 1. The molecule has 0 saturated carbocycles. The Labute approximate surface area is 226 Å². The summed E-state index contributed by atoms with van der Waals surface area (Å²) in [4.78, 5) is 51.6. The first-order chi connectivity index (χ1) is 18.8. The van der Waals surface area contributed by atoms with Crippen LogP contribution in [0.25, 0.3) is 0 Å². The predicted octanol–water partition coefficient (Wildman–Crippen LogP) is 2.15. The van der Waals surface area contributed by atoms with E-state index in [1.54, 1.807) is 18.5 Å². The smallest absolute Gasteiger partial charge is 0.407 e. The Hall–Kier alpha value is -4.55. The van der Waals surface area contributed by atoms with E-state index in [0.717, 1.165) is 24.8 Å². The highest BCUT2D eigenvalue weighted by atomic mass is 16.5. The van der Waals surface area contributed by atoms with Crippen molar-refractivity contribution in [2.24, 2.45) is 0 Å². The van der Waals surface area contributed by atoms with Crippen molar-refractivity contribution in [1.29, 1.82) is 0 Å². The molecule has 0 aliphatic carbocycles. The van der Waals surface area contributed by atoms with E-state index in [1.165, 1.54) is 18.2 Å². The summed E-state index contributed by atoms with van der Waals surface area (Å²) in [6, 6.07) is 5.78. The van der Waals surface area contributed by atoms with Gasteiger partial charge < -0.3 is 41.0 Å². The SMILES string of the molecule is CCCCCCOC(=O)N[C@@H](CNC(=O)c1ccc(OCCNC(=O)NCc2cccnc2)cc1O)C(=O)O. The number of aliphatic carboxylic acids is 1. The quantitative estimate of drug-likeness (QED) is 0.172. The number of benzene rings is 1. The fourth-order valence-corrected chi connectivity index (χ4v) is 3.24. The Morgan fingerprint density at radius 3 is 2.54 bits per heavy atom. The molecule has 212 valence electrons. The first-order valence-electron chi connectivity index (χ1n) is 12.6. The predicted molar refractivity (Wildman–Crippen MR) is 140 cm³/mol. The number of phenols is 1. The van der Waals surface area contributed by atoms with Gasteiger partial charge in [-0.15, -0.1) is 0 Å². The molecule has 0 aliphatic rings. The van der Waals surface area contributed by atoms with Gasteiger partial charge in [-0.1, -0.05) is 32.3 Å². The molecule has 1 aromatic heterocycles. The van der Waals surface area contributed by atoms with Gasteiger partial charge in [0.1, 0.15) is 24.1 Å². The largest absolute Gasteiger partial charge is 0.507 e. The lowest BCUT2D eigenvalue weighted by Crippen LogP contribution is -2.48. The van der Waals surface area contributed by atoms with Crippen molar-refractivity contribution < 1.29 is 38.9 Å². The third-order valence-electron chi connectivity index (χ3n) is 5.33. The number of carbonyl (C=O) groups is 4. The Bertz CT molecular complexity index is 1080. The lowest BCUT2D eigenvalue weighted by molar-refractivity contribution is -0.139. The molecule has 0 unspecified atom stereocenters. The molecule has 1 aromatic carbocycles. The summed E-state index contributed by atoms with van der Waals surface area (Å²) >= 11 is 0. The number of hydrogen-bond donors (Lipinski definition) is 6. The van der Waals surface area contributed by atoms with Crippen LogP contribution in [-0.4, -0.2) is 71.5 Å². The molecule has 1 heterocycles. The van der Waals surface area contributed by atoms with E-state index in [9.17, 15) is 29.4 Å². The number of rotatable bonds is 16. The van der Waals surface area contributed by atoms with Crippen LogP contribution in [-0.2, 0) is 16.1 Å². The van der Waals surface area contributed by atoms with Gasteiger partial charge in [-0.2, -0.15) is 0 Å². The number of phenolic OH excluding ortho intramolecular Hbond substituents is 1. The van der Waals surface area contributed by atoms with Gasteiger partial charge >= 0.3 is 18.1 Å². The number of nitrogens with zero attached hydrogens (tertiary/aromatic N) is 1. The fourth-order valence-electron chi connectivity index (χ4n) is 3.24. The first-order valence-corrected chi connectivity index (χ1v) is 12.6. The van der Waals surface area contributed by atoms with Crippen LogP contribution in [0.5, 0.6) is 11.5 Å². The van der Waals surface area contributed by atoms with Crippen LogP contribution >= 0.6 is 0 Å². The molecule has 0 bridgehead atoms. The molecule has 2 aromatic rings. The molecule has 1 atom stereocenters. The summed E-state index contributed by atoms with van der Waals surface area (Å²) in [6.07, 6.45) is 6.02. The number of carbonyl (C=O) groups excluding carboxylic acids is 3. The van der Waals surface area contributed by atoms with Crippen molar-refractivity contribution in [2.45, 2.75) is 45.2 Å². The molecule has 6 N–H and O–H groups in total. The standard InChI is InChI=1S/C26H35N5O8/c1-2-3-4-5-12-39-26(37)31-21(24(34)35)17-29-23(33)20-9-8-19(14-22(20)32)38-13-11-28-25(36)30-16-18-7-6-10-27-15-18/h6-10,14-15,21,32H,2-5,11-13,16-17H2,1H3,(H,29,33)(H,31,37)(H,34,35)(H2,28,30,36)/t21-/m0/s1. The minimum absolute atomic E-state index is 0.103. The van der Waals surface area contributed by atoms with Gasteiger partial charge in [-0.3, -0.25) is 9.78 Å². The molecule has 13 heteroatoms. The van der Waals surface area contributed by atoms with Crippen LogP contribution in [0.1, 0.15) is 48.5 Å². The molecule has 0 aliphatic heterocycles. The second-order valence-electron chi connectivity index (χ2n) is 8.44. The molecular formula is C26H35N5O8. The molecule has 0 saturated heterocycles. The van der Waals surface area contributed by atoms with E-state index in [1.807, 2.05) is 6.07 Å². The summed E-state index contributed by atoms with van der Waals surface area (Å²) in [5.41, 5.74) is 0.742. The van der Waals surface area contributed by atoms with Crippen LogP contribution in [0.3, 0.4) is 0 Å². The number of nitrogens with one attached hydrogen (secondary N) is 4. The fraction of sp³-hybridized carbons (Fsp3) is 0.423. The monoisotopic (exact) mass is 545 g/mol. The maximum Gasteiger partial charge on any atom is 0.407 e. The molecule has 0 fully saturated rings. The topological polar surface area (TPSA) is 188 Å². The van der Waals surface area contributed by atoms with Gasteiger partial charge in [0, 0.05) is 31.5 Å². The molecule has 0 spiro atoms. The zero-order valence-corrected chi connectivity index (χ0v) is 21.8. The number of urea groups is 1. The maximum atomic E-state index is 12.5. The second kappa shape index (κ2) is 17.1. The van der Waals surface area contributed by atoms with Gasteiger partial charge in [-0.25, -0.2) is 14.4 Å². The molecule has 39 heavy (non-hydrogen) atoms. The highest BCUT2D eigenvalue weighted by Gasteiger charge is 2.22. The number of aromatic hydroxyl groups is 1. The van der Waals surface area contributed by atoms with Crippen molar-refractivity contribution in [1.82, 2.24) is 26.3 Å². The summed E-state index contributed by atoms with van der Waals surface area (Å²) < 4.78 is 10.4. The zero-order valence-electron chi connectivity index (χ0n) is 21.8. The number of hydrogen-bond acceptors (Lipinski definition) is 8. The van der Waals surface area contributed by atoms with Gasteiger partial charge in [0.2, 0.25) is 0 Å². The summed E-state index contributed by atoms with van der Waals surface area (Å²) in [5.74, 6) is -2.23. The van der Waals surface area contributed by atoms with Crippen molar-refractivity contribution in [2.75, 3.05) is 26.3 Å². The van der Waals surface area contributed by atoms with E-state index in [0.29, 0.717) is 13.0 Å². The highest BCUT2D eigenvalue weighted by Crippen LogP contribution is 2.23. The van der Waals surface area contributed by atoms with Gasteiger partial charge in [0.05, 0.1) is 18.7 Å². The summed E-state index contributed by atoms with van der Waals surface area (Å²) in [7, 11) is 0. The molecule has 4 amide bonds. The van der Waals surface area contributed by atoms with Crippen LogP contribution < -0.4 is 26.0 Å². The third kappa shape index (κ3) is 12.0. The summed E-state index contributed by atoms with van der Waals surface area (Å²) in [5, 5.41) is 29.4. The van der Waals surface area contributed by atoms with Gasteiger partial charge in [-0.05, 0) is 30.2 Å². The minimum Gasteiger partial charge on any atom is -0.507 e. The maximum absolute atomic E-state index is 12.5. The van der Waals surface area contributed by atoms with Crippen molar-refractivity contribution in [3.8, 4) is 11.5 Å². The Balaban J connectivity index is 1.72. The number of alkyl carbamates (subject to hydrolysis) is 1. The van der Waals surface area contributed by atoms with Crippen LogP contribution in [0.4, 0.5) is 9.59 Å². The van der Waals surface area contributed by atoms with E-state index >= 15 is 0 Å². The normalized spacial score (nSPS) is 11.1. The van der Waals surface area contributed by atoms with Crippen molar-refractivity contribution in [3.63, 3.8) is 0 Å². The highest BCUT2D eigenvalue weighted by molar-refractivity contribution is 5.97. The van der Waals surface area contributed by atoms with E-state index < -0.39 is 36.3 Å².